The second-order valence-electron chi connectivity index (χ2n) is 7.63. The van der Waals surface area contributed by atoms with Crippen molar-refractivity contribution in [3.8, 4) is 22.8 Å². The van der Waals surface area contributed by atoms with Gasteiger partial charge in [-0.2, -0.15) is 18.3 Å². The normalized spacial score (nSPS) is 12.4. The van der Waals surface area contributed by atoms with Crippen LogP contribution in [-0.2, 0) is 6.18 Å². The van der Waals surface area contributed by atoms with E-state index in [2.05, 4.69) is 15.4 Å². The molecule has 1 amide bonds. The zero-order valence-corrected chi connectivity index (χ0v) is 19.6. The molecule has 1 atom stereocenters. The summed E-state index contributed by atoms with van der Waals surface area (Å²) in [6, 6.07) is 11.9. The van der Waals surface area contributed by atoms with Crippen molar-refractivity contribution >= 4 is 23.2 Å². The highest BCUT2D eigenvalue weighted by Crippen LogP contribution is 2.36. The third-order valence-electron chi connectivity index (χ3n) is 5.40. The van der Waals surface area contributed by atoms with Crippen LogP contribution in [0.5, 0.6) is 11.5 Å². The molecule has 0 saturated heterocycles. The molecule has 35 heavy (non-hydrogen) atoms. The minimum Gasteiger partial charge on any atom is -0.493 e. The molecule has 4 aromatic rings. The Hall–Kier alpha value is -3.79. The Bertz CT molecular complexity index is 1390. The van der Waals surface area contributed by atoms with Gasteiger partial charge in [0, 0.05) is 10.6 Å². The van der Waals surface area contributed by atoms with Crippen molar-refractivity contribution < 1.29 is 27.4 Å². The molecule has 0 bridgehead atoms. The van der Waals surface area contributed by atoms with Crippen LogP contribution in [0.25, 0.3) is 16.9 Å². The maximum atomic E-state index is 13.9. The Morgan fingerprint density at radius 1 is 1.06 bits per heavy atom. The van der Waals surface area contributed by atoms with E-state index in [1.807, 2.05) is 0 Å². The number of alkyl halides is 3. The van der Waals surface area contributed by atoms with Crippen LogP contribution in [0, 0.1) is 0 Å². The summed E-state index contributed by atoms with van der Waals surface area (Å²) in [5.74, 6) is 0.116. The first-order valence-electron chi connectivity index (χ1n) is 10.4. The van der Waals surface area contributed by atoms with Gasteiger partial charge in [-0.15, -0.1) is 0 Å². The van der Waals surface area contributed by atoms with Gasteiger partial charge >= 0.3 is 6.18 Å². The van der Waals surface area contributed by atoms with Crippen LogP contribution < -0.4 is 14.8 Å². The molecule has 11 heteroatoms. The first-order chi connectivity index (χ1) is 16.6. The minimum absolute atomic E-state index is 0.00826. The molecule has 0 fully saturated rings. The molecule has 182 valence electrons. The van der Waals surface area contributed by atoms with Crippen molar-refractivity contribution in [2.24, 2.45) is 0 Å². The van der Waals surface area contributed by atoms with E-state index in [0.29, 0.717) is 26.6 Å². The van der Waals surface area contributed by atoms with Crippen LogP contribution in [0.2, 0.25) is 5.02 Å². The van der Waals surface area contributed by atoms with E-state index < -0.39 is 23.8 Å². The number of aromatic nitrogens is 3. The number of hydrogen-bond acceptors (Lipinski definition) is 5. The largest absolute Gasteiger partial charge is 0.493 e. The quantitative estimate of drug-likeness (QED) is 0.371. The van der Waals surface area contributed by atoms with E-state index in [-0.39, 0.29) is 16.9 Å². The van der Waals surface area contributed by atoms with Crippen LogP contribution in [0.3, 0.4) is 0 Å². The highest BCUT2D eigenvalue weighted by Gasteiger charge is 2.36. The lowest BCUT2D eigenvalue weighted by atomic mass is 10.1. The number of halogens is 4. The average molecular weight is 505 g/mol. The van der Waals surface area contributed by atoms with Gasteiger partial charge in [-0.1, -0.05) is 23.7 Å². The molecule has 0 spiro atoms. The van der Waals surface area contributed by atoms with E-state index in [9.17, 15) is 18.0 Å². The maximum Gasteiger partial charge on any atom is 0.433 e. The molecule has 1 unspecified atom stereocenters. The van der Waals surface area contributed by atoms with Gasteiger partial charge in [0.1, 0.15) is 5.56 Å². The Morgan fingerprint density at radius 2 is 1.74 bits per heavy atom. The van der Waals surface area contributed by atoms with E-state index in [1.165, 1.54) is 20.3 Å². The Balaban J connectivity index is 1.79. The van der Waals surface area contributed by atoms with E-state index >= 15 is 0 Å². The van der Waals surface area contributed by atoms with Gasteiger partial charge in [-0.25, -0.2) is 9.50 Å². The van der Waals surface area contributed by atoms with E-state index in [0.717, 1.165) is 17.8 Å². The summed E-state index contributed by atoms with van der Waals surface area (Å²) in [5, 5.41) is 7.12. The summed E-state index contributed by atoms with van der Waals surface area (Å²) in [5.41, 5.74) is -0.292. The first-order valence-corrected chi connectivity index (χ1v) is 10.7. The first kappa shape index (κ1) is 24.3. The number of nitrogens with zero attached hydrogens (tertiary/aromatic N) is 3. The van der Waals surface area contributed by atoms with Gasteiger partial charge in [0.15, 0.2) is 22.8 Å². The zero-order chi connectivity index (χ0) is 25.3. The van der Waals surface area contributed by atoms with Crippen molar-refractivity contribution in [1.82, 2.24) is 19.9 Å². The fourth-order valence-corrected chi connectivity index (χ4v) is 3.70. The molecule has 0 aliphatic rings. The molecule has 2 aromatic heterocycles. The number of methoxy groups -OCH3 is 2. The van der Waals surface area contributed by atoms with Gasteiger partial charge in [-0.05, 0) is 48.9 Å². The summed E-state index contributed by atoms with van der Waals surface area (Å²) < 4.78 is 52.8. The number of carbonyl (C=O) groups is 1. The predicted molar refractivity (Wildman–Crippen MR) is 124 cm³/mol. The maximum absolute atomic E-state index is 13.9. The molecule has 4 rings (SSSR count). The number of carbonyl (C=O) groups excluding carboxylic acids is 1. The minimum atomic E-state index is -4.75. The third kappa shape index (κ3) is 4.88. The van der Waals surface area contributed by atoms with Gasteiger partial charge in [0.05, 0.1) is 32.2 Å². The topological polar surface area (TPSA) is 77.8 Å². The van der Waals surface area contributed by atoms with Gasteiger partial charge in [0.2, 0.25) is 0 Å². The number of benzene rings is 2. The average Bonchev–Trinajstić information content (AvgIpc) is 3.26. The molecular weight excluding hydrogens is 485 g/mol. The van der Waals surface area contributed by atoms with E-state index in [1.54, 1.807) is 43.3 Å². The lowest BCUT2D eigenvalue weighted by Gasteiger charge is -2.15. The van der Waals surface area contributed by atoms with Crippen LogP contribution in [0.15, 0.2) is 54.7 Å². The number of amides is 1. The zero-order valence-electron chi connectivity index (χ0n) is 18.9. The monoisotopic (exact) mass is 504 g/mol. The number of rotatable bonds is 6. The lowest BCUT2D eigenvalue weighted by Crippen LogP contribution is -2.26. The fourth-order valence-electron chi connectivity index (χ4n) is 3.58. The van der Waals surface area contributed by atoms with Gasteiger partial charge < -0.3 is 14.8 Å². The summed E-state index contributed by atoms with van der Waals surface area (Å²) in [6.45, 7) is 1.75. The molecule has 2 heterocycles. The number of hydrogen-bond donors (Lipinski definition) is 1. The van der Waals surface area contributed by atoms with Crippen LogP contribution in [0.4, 0.5) is 13.2 Å². The third-order valence-corrected chi connectivity index (χ3v) is 5.66. The fraction of sp³-hybridized carbons (Fsp3) is 0.208. The number of nitrogens with one attached hydrogen (secondary N) is 1. The molecule has 0 radical (unpaired) electrons. The predicted octanol–water partition coefficient (Wildman–Crippen LogP) is 5.58. The molecule has 0 aliphatic heterocycles. The lowest BCUT2D eigenvalue weighted by molar-refractivity contribution is -0.142. The smallest absolute Gasteiger partial charge is 0.433 e. The van der Waals surface area contributed by atoms with E-state index in [4.69, 9.17) is 21.1 Å². The van der Waals surface area contributed by atoms with Crippen molar-refractivity contribution in [2.75, 3.05) is 14.2 Å². The molecule has 0 aliphatic carbocycles. The highest BCUT2D eigenvalue weighted by molar-refractivity contribution is 6.30. The van der Waals surface area contributed by atoms with Gasteiger partial charge in [-0.3, -0.25) is 4.79 Å². The standard InChI is InChI=1S/C24H20ClF3N4O3/c1-13(14-4-7-16(25)8-5-14)30-23(33)17-12-29-32-21(24(26,27)28)11-18(31-22(17)32)15-6-9-19(34-2)20(10-15)35-3/h4-13H,1-3H3,(H,30,33). The summed E-state index contributed by atoms with van der Waals surface area (Å²) >= 11 is 5.91. The second-order valence-corrected chi connectivity index (χ2v) is 8.07. The highest BCUT2D eigenvalue weighted by atomic mass is 35.5. The van der Waals surface area contributed by atoms with Crippen molar-refractivity contribution in [3.63, 3.8) is 0 Å². The molecule has 0 saturated carbocycles. The number of ether oxygens (including phenoxy) is 2. The Labute approximate surface area is 203 Å². The van der Waals surface area contributed by atoms with Crippen LogP contribution >= 0.6 is 11.6 Å². The Morgan fingerprint density at radius 3 is 2.37 bits per heavy atom. The van der Waals surface area contributed by atoms with Crippen LogP contribution in [0.1, 0.15) is 34.6 Å². The molecule has 1 N–H and O–H groups in total. The van der Waals surface area contributed by atoms with Gasteiger partial charge in [0.25, 0.3) is 5.91 Å². The Kier molecular flexibility index (Phi) is 6.58. The molecule has 2 aromatic carbocycles. The number of fused-ring (bicyclic) bond motifs is 1. The second kappa shape index (κ2) is 9.46. The SMILES string of the molecule is COc1ccc(-c2cc(C(F)(F)F)n3ncc(C(=O)NC(C)c4ccc(Cl)cc4)c3n2)cc1OC. The molecule has 7 nitrogen and oxygen atoms in total. The summed E-state index contributed by atoms with van der Waals surface area (Å²) in [7, 11) is 2.87. The van der Waals surface area contributed by atoms with Crippen molar-refractivity contribution in [2.45, 2.75) is 19.1 Å². The van der Waals surface area contributed by atoms with Crippen LogP contribution in [-0.4, -0.2) is 34.7 Å². The summed E-state index contributed by atoms with van der Waals surface area (Å²) in [4.78, 5) is 17.4. The van der Waals surface area contributed by atoms with Crippen molar-refractivity contribution in [3.05, 3.63) is 76.6 Å². The summed E-state index contributed by atoms with van der Waals surface area (Å²) in [6.07, 6.45) is -3.68. The molecular formula is C24H20ClF3N4O3. The van der Waals surface area contributed by atoms with Crippen molar-refractivity contribution in [1.29, 1.82) is 0 Å².